The van der Waals surface area contributed by atoms with Gasteiger partial charge in [-0.2, -0.15) is 0 Å². The fraction of sp³-hybridized carbons (Fsp3) is 0.571. The zero-order chi connectivity index (χ0) is 13.1. The molecule has 100 valence electrons. The number of hydrogen-bond donors (Lipinski definition) is 2. The molecule has 0 fully saturated rings. The standard InChI is InChI=1S/C14H21NO3/c1-9(2)6-7-11(16)13(15)10-4-3-5-12-14(10)18-8-17-12/h3-5,9,11,13,16H,6-8,15H2,1-2H3/t11-,13+/m1/s1. The molecule has 0 aliphatic carbocycles. The summed E-state index contributed by atoms with van der Waals surface area (Å²) in [4.78, 5) is 0. The first-order valence-electron chi connectivity index (χ1n) is 6.41. The van der Waals surface area contributed by atoms with Gasteiger partial charge in [-0.1, -0.05) is 26.0 Å². The molecular weight excluding hydrogens is 230 g/mol. The Kier molecular flexibility index (Phi) is 4.09. The van der Waals surface area contributed by atoms with E-state index in [1.807, 2.05) is 18.2 Å². The van der Waals surface area contributed by atoms with E-state index < -0.39 is 12.1 Å². The number of ether oxygens (including phenoxy) is 2. The normalized spacial score (nSPS) is 16.9. The molecule has 4 heteroatoms. The molecule has 4 nitrogen and oxygen atoms in total. The van der Waals surface area contributed by atoms with Gasteiger partial charge in [-0.3, -0.25) is 0 Å². The van der Waals surface area contributed by atoms with Crippen molar-refractivity contribution in [1.82, 2.24) is 0 Å². The number of rotatable bonds is 5. The van der Waals surface area contributed by atoms with Gasteiger partial charge in [-0.05, 0) is 24.8 Å². The molecular formula is C14H21NO3. The zero-order valence-corrected chi connectivity index (χ0v) is 10.9. The van der Waals surface area contributed by atoms with E-state index >= 15 is 0 Å². The van der Waals surface area contributed by atoms with Crippen LogP contribution in [-0.4, -0.2) is 18.0 Å². The van der Waals surface area contributed by atoms with Gasteiger partial charge in [0.15, 0.2) is 11.5 Å². The highest BCUT2D eigenvalue weighted by Gasteiger charge is 2.25. The zero-order valence-electron chi connectivity index (χ0n) is 10.9. The van der Waals surface area contributed by atoms with Crippen LogP contribution in [0.25, 0.3) is 0 Å². The molecule has 0 bridgehead atoms. The minimum atomic E-state index is -0.553. The monoisotopic (exact) mass is 251 g/mol. The minimum Gasteiger partial charge on any atom is -0.454 e. The summed E-state index contributed by atoms with van der Waals surface area (Å²) in [5.41, 5.74) is 6.93. The van der Waals surface area contributed by atoms with Crippen LogP contribution in [-0.2, 0) is 0 Å². The van der Waals surface area contributed by atoms with E-state index in [9.17, 15) is 5.11 Å². The first kappa shape index (κ1) is 13.2. The van der Waals surface area contributed by atoms with Crippen molar-refractivity contribution >= 4 is 0 Å². The van der Waals surface area contributed by atoms with Crippen molar-refractivity contribution in [1.29, 1.82) is 0 Å². The Bertz CT molecular complexity index is 406. The van der Waals surface area contributed by atoms with Crippen molar-refractivity contribution in [3.05, 3.63) is 23.8 Å². The summed E-state index contributed by atoms with van der Waals surface area (Å²) < 4.78 is 10.7. The molecule has 0 amide bonds. The van der Waals surface area contributed by atoms with Gasteiger partial charge in [-0.15, -0.1) is 0 Å². The van der Waals surface area contributed by atoms with Crippen molar-refractivity contribution < 1.29 is 14.6 Å². The van der Waals surface area contributed by atoms with Gasteiger partial charge in [0.2, 0.25) is 6.79 Å². The smallest absolute Gasteiger partial charge is 0.231 e. The molecule has 2 atom stereocenters. The first-order chi connectivity index (χ1) is 8.59. The van der Waals surface area contributed by atoms with Crippen LogP contribution in [0.15, 0.2) is 18.2 Å². The summed E-state index contributed by atoms with van der Waals surface area (Å²) in [7, 11) is 0. The average Bonchev–Trinajstić information content (AvgIpc) is 2.82. The molecule has 0 spiro atoms. The topological polar surface area (TPSA) is 64.7 Å². The highest BCUT2D eigenvalue weighted by Crippen LogP contribution is 2.39. The SMILES string of the molecule is CC(C)CC[C@@H](O)[C@@H](N)c1cccc2c1OCO2. The van der Waals surface area contributed by atoms with E-state index in [0.717, 1.165) is 12.0 Å². The van der Waals surface area contributed by atoms with Crippen LogP contribution in [0.2, 0.25) is 0 Å². The van der Waals surface area contributed by atoms with E-state index in [2.05, 4.69) is 13.8 Å². The lowest BCUT2D eigenvalue weighted by atomic mass is 9.95. The second kappa shape index (κ2) is 5.59. The summed E-state index contributed by atoms with van der Waals surface area (Å²) in [5.74, 6) is 1.94. The Morgan fingerprint density at radius 1 is 1.28 bits per heavy atom. The second-order valence-electron chi connectivity index (χ2n) is 5.15. The second-order valence-corrected chi connectivity index (χ2v) is 5.15. The lowest BCUT2D eigenvalue weighted by Crippen LogP contribution is -2.26. The van der Waals surface area contributed by atoms with Crippen LogP contribution in [0, 0.1) is 5.92 Å². The van der Waals surface area contributed by atoms with Gasteiger partial charge in [0.25, 0.3) is 0 Å². The highest BCUT2D eigenvalue weighted by atomic mass is 16.7. The number of para-hydroxylation sites is 1. The summed E-state index contributed by atoms with van der Waals surface area (Å²) >= 11 is 0. The minimum absolute atomic E-state index is 0.223. The van der Waals surface area contributed by atoms with E-state index in [1.54, 1.807) is 0 Å². The molecule has 0 saturated heterocycles. The van der Waals surface area contributed by atoms with Crippen LogP contribution >= 0.6 is 0 Å². The molecule has 0 saturated carbocycles. The van der Waals surface area contributed by atoms with Gasteiger partial charge in [0.05, 0.1) is 12.1 Å². The molecule has 0 radical (unpaired) electrons. The Morgan fingerprint density at radius 2 is 2.06 bits per heavy atom. The summed E-state index contributed by atoms with van der Waals surface area (Å²) in [6.45, 7) is 4.49. The number of fused-ring (bicyclic) bond motifs is 1. The largest absolute Gasteiger partial charge is 0.454 e. The van der Waals surface area contributed by atoms with Gasteiger partial charge in [0, 0.05) is 5.56 Å². The van der Waals surface area contributed by atoms with Crippen molar-refractivity contribution in [3.8, 4) is 11.5 Å². The molecule has 2 rings (SSSR count). The molecule has 1 aromatic rings. The third kappa shape index (κ3) is 2.76. The number of hydrogen-bond acceptors (Lipinski definition) is 4. The van der Waals surface area contributed by atoms with Crippen molar-refractivity contribution in [3.63, 3.8) is 0 Å². The van der Waals surface area contributed by atoms with Crippen LogP contribution in [0.3, 0.4) is 0 Å². The van der Waals surface area contributed by atoms with E-state index in [0.29, 0.717) is 23.8 Å². The third-order valence-electron chi connectivity index (χ3n) is 3.24. The van der Waals surface area contributed by atoms with E-state index in [-0.39, 0.29) is 6.79 Å². The third-order valence-corrected chi connectivity index (χ3v) is 3.24. The molecule has 1 heterocycles. The molecule has 1 aromatic carbocycles. The van der Waals surface area contributed by atoms with Crippen LogP contribution in [0.5, 0.6) is 11.5 Å². The average molecular weight is 251 g/mol. The number of benzene rings is 1. The lowest BCUT2D eigenvalue weighted by molar-refractivity contribution is 0.125. The summed E-state index contributed by atoms with van der Waals surface area (Å²) in [6.07, 6.45) is 1.10. The van der Waals surface area contributed by atoms with Crippen LogP contribution in [0.1, 0.15) is 38.3 Å². The highest BCUT2D eigenvalue weighted by molar-refractivity contribution is 5.49. The van der Waals surface area contributed by atoms with E-state index in [1.165, 1.54) is 0 Å². The predicted octanol–water partition coefficient (Wildman–Crippen LogP) is 2.21. The van der Waals surface area contributed by atoms with Gasteiger partial charge in [-0.25, -0.2) is 0 Å². The Morgan fingerprint density at radius 3 is 2.78 bits per heavy atom. The molecule has 18 heavy (non-hydrogen) atoms. The van der Waals surface area contributed by atoms with Gasteiger partial charge >= 0.3 is 0 Å². The van der Waals surface area contributed by atoms with Gasteiger partial charge < -0.3 is 20.3 Å². The lowest BCUT2D eigenvalue weighted by Gasteiger charge is -2.21. The number of nitrogens with two attached hydrogens (primary N) is 1. The Labute approximate surface area is 108 Å². The molecule has 1 aliphatic rings. The molecule has 0 unspecified atom stereocenters. The maximum absolute atomic E-state index is 10.1. The summed E-state index contributed by atoms with van der Waals surface area (Å²) in [5, 5.41) is 10.1. The van der Waals surface area contributed by atoms with E-state index in [4.69, 9.17) is 15.2 Å². The fourth-order valence-corrected chi connectivity index (χ4v) is 2.11. The molecule has 3 N–H and O–H groups in total. The first-order valence-corrected chi connectivity index (χ1v) is 6.41. The fourth-order valence-electron chi connectivity index (χ4n) is 2.11. The quantitative estimate of drug-likeness (QED) is 0.842. The van der Waals surface area contributed by atoms with Crippen LogP contribution < -0.4 is 15.2 Å². The van der Waals surface area contributed by atoms with Crippen molar-refractivity contribution in [2.24, 2.45) is 11.7 Å². The Hall–Kier alpha value is -1.26. The summed E-state index contributed by atoms with van der Waals surface area (Å²) in [6, 6.07) is 5.17. The molecule has 1 aliphatic heterocycles. The maximum atomic E-state index is 10.1. The Balaban J connectivity index is 2.09. The van der Waals surface area contributed by atoms with Gasteiger partial charge in [0.1, 0.15) is 0 Å². The van der Waals surface area contributed by atoms with Crippen molar-refractivity contribution in [2.45, 2.75) is 38.8 Å². The maximum Gasteiger partial charge on any atom is 0.231 e. The predicted molar refractivity (Wildman–Crippen MR) is 69.6 cm³/mol. The molecule has 0 aromatic heterocycles. The number of aliphatic hydroxyl groups is 1. The van der Waals surface area contributed by atoms with Crippen molar-refractivity contribution in [2.75, 3.05) is 6.79 Å². The van der Waals surface area contributed by atoms with Crippen LogP contribution in [0.4, 0.5) is 0 Å². The number of aliphatic hydroxyl groups excluding tert-OH is 1.